The molecule has 372 valence electrons. The Labute approximate surface area is 409 Å². The maximum absolute atomic E-state index is 13.0. The number of halogens is 1. The van der Waals surface area contributed by atoms with Gasteiger partial charge in [0.05, 0.1) is 44.7 Å². The molecule has 3 saturated heterocycles. The third-order valence-corrected chi connectivity index (χ3v) is 11.1. The van der Waals surface area contributed by atoms with Crippen LogP contribution in [0, 0.1) is 0 Å². The predicted molar refractivity (Wildman–Crippen MR) is 214 cm³/mol. The van der Waals surface area contributed by atoms with Gasteiger partial charge in [-0.2, -0.15) is 0 Å². The van der Waals surface area contributed by atoms with E-state index >= 15 is 0 Å². The zero-order valence-electron chi connectivity index (χ0n) is 37.1. The Morgan fingerprint density at radius 1 is 0.851 bits per heavy atom. The summed E-state index contributed by atoms with van der Waals surface area (Å²) in [6, 6.07) is 0.781. The molecular formula is C39H56ClN4NaO22. The van der Waals surface area contributed by atoms with Crippen LogP contribution in [0.25, 0.3) is 0 Å². The number of aliphatic hydroxyl groups is 8. The normalized spacial score (nSPS) is 33.6. The van der Waals surface area contributed by atoms with Crippen molar-refractivity contribution in [1.29, 1.82) is 0 Å². The van der Waals surface area contributed by atoms with Crippen molar-refractivity contribution in [2.45, 2.75) is 144 Å². The van der Waals surface area contributed by atoms with Crippen molar-refractivity contribution >= 4 is 47.2 Å². The molecule has 0 saturated carbocycles. The first-order valence-corrected chi connectivity index (χ1v) is 20.8. The van der Waals surface area contributed by atoms with Gasteiger partial charge in [0.15, 0.2) is 18.6 Å². The van der Waals surface area contributed by atoms with E-state index in [4.69, 9.17) is 44.8 Å². The van der Waals surface area contributed by atoms with Crippen LogP contribution in [0.4, 0.5) is 0 Å². The first-order chi connectivity index (χ1) is 31.0. The number of carboxylic acid groups (broad SMARTS) is 1. The number of aliphatic carboxylic acids is 1. The summed E-state index contributed by atoms with van der Waals surface area (Å²) in [5.74, 6) is -9.54. The zero-order chi connectivity index (χ0) is 49.4. The van der Waals surface area contributed by atoms with Gasteiger partial charge in [0.1, 0.15) is 66.9 Å². The van der Waals surface area contributed by atoms with Crippen LogP contribution in [-0.2, 0) is 57.1 Å². The van der Waals surface area contributed by atoms with Gasteiger partial charge in [-0.15, -0.1) is 0 Å². The van der Waals surface area contributed by atoms with Gasteiger partial charge in [0, 0.05) is 44.3 Å². The summed E-state index contributed by atoms with van der Waals surface area (Å²) in [6.07, 6.45) is -28.7. The average Bonchev–Trinajstić information content (AvgIpc) is 3.26. The molecule has 1 aromatic carbocycles. The number of aliphatic hydroxyl groups excluding tert-OH is 8. The Bertz CT molecular complexity index is 1860. The quantitative estimate of drug-likeness (QED) is 0.0452. The Morgan fingerprint density at radius 2 is 1.40 bits per heavy atom. The van der Waals surface area contributed by atoms with Crippen LogP contribution in [-0.4, -0.2) is 213 Å². The minimum absolute atomic E-state index is 0. The SMILES string of the molecule is COC(=O)[C@@H](NC(C)=O)[C@@H](C)O[C@H]1O[C@H](CO)[C@H](O)[C@H](O[C@@H]2O[C@H](CO)[C@H](O)[C@H](O[C@]3(C(=O)[O-])C[C@H](O)[C@@H](NC(C)=O)[C@H]([C@H](O)[C@H](O)CNC(=O)c4ccc(Cl)cc4)O3)[C@H]2O)[C@H]1NC(C)=O.[Na+]. The van der Waals surface area contributed by atoms with Crippen LogP contribution in [0.5, 0.6) is 0 Å². The number of carbonyl (C=O) groups is 6. The third kappa shape index (κ3) is 14.4. The molecule has 0 aliphatic carbocycles. The topological polar surface area (TPSA) is 400 Å². The second-order valence-electron chi connectivity index (χ2n) is 15.8. The fourth-order valence-electron chi connectivity index (χ4n) is 7.57. The molecule has 28 heteroatoms. The Hall–Kier alpha value is -3.23. The summed E-state index contributed by atoms with van der Waals surface area (Å²) in [5.41, 5.74) is 0.100. The third-order valence-electron chi connectivity index (χ3n) is 10.9. The Balaban J connectivity index is 0.0000119. The van der Waals surface area contributed by atoms with E-state index in [1.54, 1.807) is 0 Å². The molecule has 3 aliphatic rings. The van der Waals surface area contributed by atoms with Gasteiger partial charge in [-0.05, 0) is 31.2 Å². The van der Waals surface area contributed by atoms with Gasteiger partial charge < -0.3 is 105 Å². The monoisotopic (exact) mass is 990 g/mol. The molecule has 18 atom stereocenters. The maximum Gasteiger partial charge on any atom is 1.00 e. The van der Waals surface area contributed by atoms with Crippen molar-refractivity contribution in [2.24, 2.45) is 0 Å². The maximum atomic E-state index is 13.0. The summed E-state index contributed by atoms with van der Waals surface area (Å²) < 4.78 is 39.4. The van der Waals surface area contributed by atoms with E-state index in [0.717, 1.165) is 27.9 Å². The first-order valence-electron chi connectivity index (χ1n) is 20.4. The van der Waals surface area contributed by atoms with Gasteiger partial charge in [-0.25, -0.2) is 4.79 Å². The molecule has 4 amide bonds. The average molecular weight is 991 g/mol. The van der Waals surface area contributed by atoms with Gasteiger partial charge in [0.25, 0.3) is 5.91 Å². The van der Waals surface area contributed by atoms with Crippen LogP contribution >= 0.6 is 11.6 Å². The number of nitrogens with one attached hydrogen (secondary N) is 4. The molecule has 4 rings (SSSR count). The summed E-state index contributed by atoms with van der Waals surface area (Å²) >= 11 is 5.87. The van der Waals surface area contributed by atoms with Gasteiger partial charge in [0.2, 0.25) is 23.5 Å². The van der Waals surface area contributed by atoms with Crippen LogP contribution < -0.4 is 55.9 Å². The number of hydrogen-bond acceptors (Lipinski definition) is 22. The molecular weight excluding hydrogens is 935 g/mol. The zero-order valence-corrected chi connectivity index (χ0v) is 39.9. The molecule has 0 bridgehead atoms. The minimum Gasteiger partial charge on any atom is -0.544 e. The number of benzene rings is 1. The van der Waals surface area contributed by atoms with Crippen molar-refractivity contribution in [1.82, 2.24) is 21.3 Å². The van der Waals surface area contributed by atoms with Crippen molar-refractivity contribution in [3.8, 4) is 0 Å². The van der Waals surface area contributed by atoms with Crippen molar-refractivity contribution in [3.05, 3.63) is 34.9 Å². The molecule has 1 aromatic rings. The number of ether oxygens (including phenoxy) is 7. The second kappa shape index (κ2) is 25.6. The predicted octanol–water partition coefficient (Wildman–Crippen LogP) is -10.2. The number of hydrogen-bond donors (Lipinski definition) is 12. The van der Waals surface area contributed by atoms with Crippen LogP contribution in [0.15, 0.2) is 24.3 Å². The first kappa shape index (κ1) is 58.1. The van der Waals surface area contributed by atoms with E-state index in [0.29, 0.717) is 5.02 Å². The van der Waals surface area contributed by atoms with Gasteiger partial charge >= 0.3 is 35.5 Å². The number of rotatable bonds is 19. The van der Waals surface area contributed by atoms with E-state index in [-0.39, 0.29) is 35.1 Å². The second-order valence-corrected chi connectivity index (χ2v) is 16.2. The van der Waals surface area contributed by atoms with Crippen LogP contribution in [0.1, 0.15) is 44.5 Å². The van der Waals surface area contributed by atoms with Crippen molar-refractivity contribution < 1.29 is 137 Å². The van der Waals surface area contributed by atoms with Crippen molar-refractivity contribution in [3.63, 3.8) is 0 Å². The summed E-state index contributed by atoms with van der Waals surface area (Å²) in [6.45, 7) is 1.74. The minimum atomic E-state index is -3.28. The molecule has 12 N–H and O–H groups in total. The fourth-order valence-corrected chi connectivity index (χ4v) is 7.70. The standard InChI is InChI=1S/C39H57ClN4O22.Na/c1-14(24(35(57)60-5)42-15(2)47)61-36-26(44-17(4)49)31(28(53)22(12-45)62-36)64-37-30(55)33(29(54)23(13-46)63-37)66-39(38(58)59)10-20(50)25(43-16(3)48)32(65-39)27(52)21(51)11-41-34(56)18-6-8-19(40)9-7-18;/h6-9,14,20-33,36-37,45-46,50-55H,10-13H2,1-5H3,(H,41,56)(H,42,47)(H,43,48)(H,44,49)(H,58,59);/q;+1/p-1/t14-,20+,21-,22-,23-,24+,25-,26-,27-,28+,29+,30-,31-,32-,33+,36+,37+,39+;/m1./s1. The number of methoxy groups -OCH3 is 1. The van der Waals surface area contributed by atoms with E-state index in [1.807, 2.05) is 0 Å². The summed E-state index contributed by atoms with van der Waals surface area (Å²) in [4.78, 5) is 75.0. The Morgan fingerprint density at radius 3 is 1.93 bits per heavy atom. The van der Waals surface area contributed by atoms with E-state index in [1.165, 1.54) is 31.2 Å². The molecule has 3 fully saturated rings. The smallest absolute Gasteiger partial charge is 0.544 e. The van der Waals surface area contributed by atoms with Crippen molar-refractivity contribution in [2.75, 3.05) is 26.9 Å². The molecule has 0 spiro atoms. The largest absolute Gasteiger partial charge is 1.00 e. The molecule has 0 unspecified atom stereocenters. The number of carbonyl (C=O) groups excluding carboxylic acids is 6. The van der Waals surface area contributed by atoms with Crippen LogP contribution in [0.2, 0.25) is 5.02 Å². The molecule has 3 aliphatic heterocycles. The molecule has 3 heterocycles. The van der Waals surface area contributed by atoms with E-state index in [2.05, 4.69) is 21.3 Å². The molecule has 0 aromatic heterocycles. The summed E-state index contributed by atoms with van der Waals surface area (Å²) in [7, 11) is 1.03. The number of carboxylic acids is 1. The summed E-state index contributed by atoms with van der Waals surface area (Å²) in [5, 5.41) is 111. The fraction of sp³-hybridized carbons (Fsp3) is 0.692. The van der Waals surface area contributed by atoms with Gasteiger partial charge in [-0.1, -0.05) is 11.6 Å². The molecule has 0 radical (unpaired) electrons. The van der Waals surface area contributed by atoms with E-state index < -0.39 is 171 Å². The number of amides is 4. The van der Waals surface area contributed by atoms with Crippen LogP contribution in [0.3, 0.4) is 0 Å². The van der Waals surface area contributed by atoms with E-state index in [9.17, 15) is 74.7 Å². The molecule has 26 nitrogen and oxygen atoms in total. The van der Waals surface area contributed by atoms with Gasteiger partial charge in [-0.3, -0.25) is 19.2 Å². The Kier molecular flexibility index (Phi) is 22.2. The molecule has 67 heavy (non-hydrogen) atoms. The number of esters is 1.